The lowest BCUT2D eigenvalue weighted by atomic mass is 9.96. The number of nitrogens with zero attached hydrogens (tertiary/aromatic N) is 3. The number of likely N-dealkylation sites (tertiary alicyclic amines) is 1. The van der Waals surface area contributed by atoms with E-state index < -0.39 is 0 Å². The van der Waals surface area contributed by atoms with Crippen molar-refractivity contribution in [3.8, 4) is 0 Å². The average Bonchev–Trinajstić information content (AvgIpc) is 3.09. The van der Waals surface area contributed by atoms with Gasteiger partial charge in [0.15, 0.2) is 0 Å². The zero-order chi connectivity index (χ0) is 17.9. The van der Waals surface area contributed by atoms with Crippen LogP contribution in [0.3, 0.4) is 0 Å². The molecule has 0 spiro atoms. The molecule has 5 heteroatoms. The first-order chi connectivity index (χ1) is 12.7. The number of benzene rings is 1. The van der Waals surface area contributed by atoms with E-state index in [1.165, 1.54) is 11.8 Å². The van der Waals surface area contributed by atoms with E-state index in [2.05, 4.69) is 60.8 Å². The molecule has 134 valence electrons. The van der Waals surface area contributed by atoms with E-state index >= 15 is 0 Å². The van der Waals surface area contributed by atoms with Gasteiger partial charge in [-0.05, 0) is 54.5 Å². The van der Waals surface area contributed by atoms with E-state index in [9.17, 15) is 4.79 Å². The van der Waals surface area contributed by atoms with Gasteiger partial charge in [-0.25, -0.2) is 0 Å². The quantitative estimate of drug-likeness (QED) is 0.609. The highest BCUT2D eigenvalue weighted by Crippen LogP contribution is 2.31. The number of hydrogen-bond donors (Lipinski definition) is 0. The number of amides is 1. The van der Waals surface area contributed by atoms with Gasteiger partial charge >= 0.3 is 0 Å². The molecule has 0 bridgehead atoms. The smallest absolute Gasteiger partial charge is 0.224 e. The molecule has 1 aromatic carbocycles. The summed E-state index contributed by atoms with van der Waals surface area (Å²) in [6.45, 7) is 1.55. The van der Waals surface area contributed by atoms with Crippen LogP contribution in [0, 0.1) is 0 Å². The van der Waals surface area contributed by atoms with Crippen molar-refractivity contribution in [1.82, 2.24) is 14.5 Å². The van der Waals surface area contributed by atoms with Crippen LogP contribution in [0.4, 0.5) is 0 Å². The molecule has 1 aliphatic heterocycles. The topological polar surface area (TPSA) is 38.1 Å². The number of aromatic nitrogens is 2. The Kier molecular flexibility index (Phi) is 5.07. The first-order valence-corrected chi connectivity index (χ1v) is 9.95. The summed E-state index contributed by atoms with van der Waals surface area (Å²) >= 11 is 3.53. The minimum atomic E-state index is 0.167. The molecule has 4 nitrogen and oxygen atoms in total. The second kappa shape index (κ2) is 7.62. The lowest BCUT2D eigenvalue weighted by molar-refractivity contribution is -0.135. The maximum atomic E-state index is 13.0. The molecule has 3 aromatic rings. The van der Waals surface area contributed by atoms with Crippen LogP contribution in [0.25, 0.3) is 10.9 Å². The van der Waals surface area contributed by atoms with Crippen LogP contribution < -0.4 is 0 Å². The SMILES string of the molecule is O=C(CCn1ccc2ccc(Br)cc21)N1CCCC[C@H]1c1cccnc1. The maximum absolute atomic E-state index is 13.0. The molecule has 0 radical (unpaired) electrons. The molecule has 0 unspecified atom stereocenters. The van der Waals surface area contributed by atoms with Crippen LogP contribution in [0.15, 0.2) is 59.5 Å². The summed E-state index contributed by atoms with van der Waals surface area (Å²) in [5, 5.41) is 1.20. The molecule has 1 amide bonds. The van der Waals surface area contributed by atoms with Crippen molar-refractivity contribution in [3.05, 3.63) is 65.0 Å². The molecular weight excluding hydrogens is 390 g/mol. The third kappa shape index (κ3) is 3.54. The standard InChI is InChI=1S/C21H22BrN3O/c22-18-7-6-16-8-12-24(20(16)14-18)13-9-21(26)25-11-2-1-5-19(25)17-4-3-10-23-15-17/h3-4,6-8,10,12,14-15,19H,1-2,5,9,11,13H2/t19-/m0/s1. The van der Waals surface area contributed by atoms with Crippen LogP contribution in [0.5, 0.6) is 0 Å². The number of halogens is 1. The van der Waals surface area contributed by atoms with Gasteiger partial charge in [-0.3, -0.25) is 9.78 Å². The molecule has 1 saturated heterocycles. The van der Waals surface area contributed by atoms with Gasteiger partial charge in [0, 0.05) is 48.1 Å². The van der Waals surface area contributed by atoms with Gasteiger partial charge in [0.25, 0.3) is 0 Å². The number of piperidine rings is 1. The van der Waals surface area contributed by atoms with Crippen molar-refractivity contribution >= 4 is 32.7 Å². The van der Waals surface area contributed by atoms with Crippen molar-refractivity contribution in [1.29, 1.82) is 0 Å². The van der Waals surface area contributed by atoms with Gasteiger partial charge in [0.05, 0.1) is 6.04 Å². The Hall–Kier alpha value is -2.14. The van der Waals surface area contributed by atoms with E-state index in [0.29, 0.717) is 13.0 Å². The molecule has 26 heavy (non-hydrogen) atoms. The summed E-state index contributed by atoms with van der Waals surface area (Å²) in [6, 6.07) is 12.6. The minimum absolute atomic E-state index is 0.167. The molecule has 2 aromatic heterocycles. The fourth-order valence-corrected chi connectivity index (χ4v) is 4.21. The second-order valence-corrected chi connectivity index (χ2v) is 7.76. The molecule has 1 aliphatic rings. The lowest BCUT2D eigenvalue weighted by Crippen LogP contribution is -2.38. The average molecular weight is 412 g/mol. The Morgan fingerprint density at radius 1 is 1.23 bits per heavy atom. The number of rotatable bonds is 4. The highest BCUT2D eigenvalue weighted by molar-refractivity contribution is 9.10. The Morgan fingerprint density at radius 3 is 3.00 bits per heavy atom. The van der Waals surface area contributed by atoms with E-state index in [4.69, 9.17) is 0 Å². The predicted octanol–water partition coefficient (Wildman–Crippen LogP) is 4.94. The molecule has 0 aliphatic carbocycles. The summed E-state index contributed by atoms with van der Waals surface area (Å²) in [4.78, 5) is 19.3. The largest absolute Gasteiger partial charge is 0.347 e. The Morgan fingerprint density at radius 2 is 2.15 bits per heavy atom. The van der Waals surface area contributed by atoms with E-state index in [1.807, 2.05) is 18.3 Å². The van der Waals surface area contributed by atoms with Crippen LogP contribution in [0.2, 0.25) is 0 Å². The third-order valence-electron chi connectivity index (χ3n) is 5.19. The molecule has 1 atom stereocenters. The third-order valence-corrected chi connectivity index (χ3v) is 5.69. The second-order valence-electron chi connectivity index (χ2n) is 6.85. The summed E-state index contributed by atoms with van der Waals surface area (Å²) in [5.74, 6) is 0.232. The zero-order valence-electron chi connectivity index (χ0n) is 14.6. The van der Waals surface area contributed by atoms with Crippen molar-refractivity contribution in [2.75, 3.05) is 6.54 Å². The Balaban J connectivity index is 1.48. The molecule has 0 saturated carbocycles. The van der Waals surface area contributed by atoms with E-state index in [1.54, 1.807) is 6.20 Å². The van der Waals surface area contributed by atoms with Crippen LogP contribution in [-0.4, -0.2) is 26.9 Å². The van der Waals surface area contributed by atoms with Crippen LogP contribution >= 0.6 is 15.9 Å². The number of fused-ring (bicyclic) bond motifs is 1. The number of hydrogen-bond acceptors (Lipinski definition) is 2. The number of aryl methyl sites for hydroxylation is 1. The number of pyridine rings is 1. The van der Waals surface area contributed by atoms with Gasteiger partial charge < -0.3 is 9.47 Å². The normalized spacial score (nSPS) is 17.6. The molecule has 0 N–H and O–H groups in total. The van der Waals surface area contributed by atoms with Crippen molar-refractivity contribution in [3.63, 3.8) is 0 Å². The molecule has 4 rings (SSSR count). The van der Waals surface area contributed by atoms with Crippen molar-refractivity contribution < 1.29 is 4.79 Å². The van der Waals surface area contributed by atoms with Gasteiger partial charge in [-0.15, -0.1) is 0 Å². The molecule has 3 heterocycles. The monoisotopic (exact) mass is 411 g/mol. The highest BCUT2D eigenvalue weighted by atomic mass is 79.9. The lowest BCUT2D eigenvalue weighted by Gasteiger charge is -2.36. The van der Waals surface area contributed by atoms with E-state index in [-0.39, 0.29) is 11.9 Å². The van der Waals surface area contributed by atoms with Gasteiger partial charge in [0.1, 0.15) is 0 Å². The van der Waals surface area contributed by atoms with Crippen molar-refractivity contribution in [2.45, 2.75) is 38.3 Å². The first kappa shape index (κ1) is 17.3. The maximum Gasteiger partial charge on any atom is 0.224 e. The minimum Gasteiger partial charge on any atom is -0.347 e. The van der Waals surface area contributed by atoms with Gasteiger partial charge in [-0.1, -0.05) is 28.1 Å². The van der Waals surface area contributed by atoms with Gasteiger partial charge in [-0.2, -0.15) is 0 Å². The van der Waals surface area contributed by atoms with Gasteiger partial charge in [0.2, 0.25) is 5.91 Å². The van der Waals surface area contributed by atoms with E-state index in [0.717, 1.165) is 34.9 Å². The number of carbonyl (C=O) groups is 1. The Bertz CT molecular complexity index is 906. The summed E-state index contributed by atoms with van der Waals surface area (Å²) < 4.78 is 3.23. The van der Waals surface area contributed by atoms with Crippen LogP contribution in [0.1, 0.15) is 37.3 Å². The predicted molar refractivity (Wildman–Crippen MR) is 107 cm³/mol. The Labute approximate surface area is 162 Å². The fourth-order valence-electron chi connectivity index (χ4n) is 3.86. The highest BCUT2D eigenvalue weighted by Gasteiger charge is 2.27. The molecule has 1 fully saturated rings. The molecular formula is C21H22BrN3O. The zero-order valence-corrected chi connectivity index (χ0v) is 16.2. The summed E-state index contributed by atoms with van der Waals surface area (Å²) in [5.41, 5.74) is 2.31. The summed E-state index contributed by atoms with van der Waals surface area (Å²) in [6.07, 6.45) is 9.55. The fraction of sp³-hybridized carbons (Fsp3) is 0.333. The van der Waals surface area contributed by atoms with Crippen molar-refractivity contribution in [2.24, 2.45) is 0 Å². The summed E-state index contributed by atoms with van der Waals surface area (Å²) in [7, 11) is 0. The first-order valence-electron chi connectivity index (χ1n) is 9.16. The van der Waals surface area contributed by atoms with Crippen LogP contribution in [-0.2, 0) is 11.3 Å². The number of carbonyl (C=O) groups excluding carboxylic acids is 1.